The van der Waals surface area contributed by atoms with E-state index in [1.165, 1.54) is 11.3 Å². The SMILES string of the molecule is Cc1cc(C(=O)NNC(=O)c2ccc(Br)s2)c(C)o1. The summed E-state index contributed by atoms with van der Waals surface area (Å²) in [5, 5.41) is 0. The summed E-state index contributed by atoms with van der Waals surface area (Å²) in [6.45, 7) is 3.45. The number of thiophene rings is 1. The lowest BCUT2D eigenvalue weighted by molar-refractivity contribution is 0.0848. The Labute approximate surface area is 122 Å². The summed E-state index contributed by atoms with van der Waals surface area (Å²) in [5.41, 5.74) is 5.12. The molecule has 0 aliphatic carbocycles. The zero-order valence-electron chi connectivity index (χ0n) is 10.2. The third kappa shape index (κ3) is 3.24. The van der Waals surface area contributed by atoms with Crippen molar-refractivity contribution < 1.29 is 14.0 Å². The van der Waals surface area contributed by atoms with Crippen LogP contribution >= 0.6 is 27.3 Å². The zero-order chi connectivity index (χ0) is 14.0. The van der Waals surface area contributed by atoms with Gasteiger partial charge < -0.3 is 4.42 Å². The minimum absolute atomic E-state index is 0.359. The van der Waals surface area contributed by atoms with Gasteiger partial charge in [-0.3, -0.25) is 20.4 Å². The average molecular weight is 343 g/mol. The van der Waals surface area contributed by atoms with E-state index < -0.39 is 5.91 Å². The van der Waals surface area contributed by atoms with Gasteiger partial charge in [-0.2, -0.15) is 0 Å². The summed E-state index contributed by atoms with van der Waals surface area (Å²) in [7, 11) is 0. The monoisotopic (exact) mass is 342 g/mol. The van der Waals surface area contributed by atoms with Crippen LogP contribution in [0.5, 0.6) is 0 Å². The van der Waals surface area contributed by atoms with E-state index in [9.17, 15) is 9.59 Å². The van der Waals surface area contributed by atoms with Crippen molar-refractivity contribution in [3.05, 3.63) is 43.9 Å². The van der Waals surface area contributed by atoms with Crippen LogP contribution in [0.1, 0.15) is 31.6 Å². The van der Waals surface area contributed by atoms with Crippen molar-refractivity contribution in [2.24, 2.45) is 0 Å². The Morgan fingerprint density at radius 2 is 1.89 bits per heavy atom. The molecule has 5 nitrogen and oxygen atoms in total. The molecule has 7 heteroatoms. The molecule has 2 N–H and O–H groups in total. The topological polar surface area (TPSA) is 71.3 Å². The Balaban J connectivity index is 1.97. The van der Waals surface area contributed by atoms with Crippen molar-refractivity contribution in [1.29, 1.82) is 0 Å². The first kappa shape index (κ1) is 13.8. The molecule has 2 aromatic heterocycles. The number of furan rings is 1. The fourth-order valence-electron chi connectivity index (χ4n) is 1.54. The molecule has 0 saturated heterocycles. The lowest BCUT2D eigenvalue weighted by Crippen LogP contribution is -2.41. The van der Waals surface area contributed by atoms with E-state index in [1.54, 1.807) is 32.0 Å². The van der Waals surface area contributed by atoms with Crippen LogP contribution in [-0.2, 0) is 0 Å². The first-order valence-electron chi connectivity index (χ1n) is 5.40. The van der Waals surface area contributed by atoms with E-state index in [0.29, 0.717) is 22.0 Å². The number of rotatable bonds is 2. The third-order valence-electron chi connectivity index (χ3n) is 2.37. The minimum Gasteiger partial charge on any atom is -0.466 e. The predicted octanol–water partition coefficient (Wildman–Crippen LogP) is 2.80. The first-order chi connectivity index (χ1) is 8.97. The Kier molecular flexibility index (Phi) is 4.06. The van der Waals surface area contributed by atoms with Gasteiger partial charge in [0, 0.05) is 0 Å². The molecule has 2 amide bonds. The normalized spacial score (nSPS) is 10.3. The van der Waals surface area contributed by atoms with Gasteiger partial charge >= 0.3 is 0 Å². The molecule has 0 radical (unpaired) electrons. The highest BCUT2D eigenvalue weighted by molar-refractivity contribution is 9.11. The summed E-state index contributed by atoms with van der Waals surface area (Å²) >= 11 is 4.55. The van der Waals surface area contributed by atoms with Crippen LogP contribution in [0, 0.1) is 13.8 Å². The van der Waals surface area contributed by atoms with Crippen LogP contribution in [0.25, 0.3) is 0 Å². The molecule has 2 aromatic rings. The van der Waals surface area contributed by atoms with Gasteiger partial charge in [0.25, 0.3) is 11.8 Å². The molecule has 0 fully saturated rings. The number of hydrazine groups is 1. The summed E-state index contributed by atoms with van der Waals surface area (Å²) in [6.07, 6.45) is 0. The summed E-state index contributed by atoms with van der Waals surface area (Å²) < 4.78 is 6.10. The number of hydrogen-bond donors (Lipinski definition) is 2. The Bertz CT molecular complexity index is 633. The Morgan fingerprint density at radius 1 is 1.21 bits per heavy atom. The fraction of sp³-hybridized carbons (Fsp3) is 0.167. The molecule has 0 atom stereocenters. The number of nitrogens with one attached hydrogen (secondary N) is 2. The maximum absolute atomic E-state index is 11.8. The molecule has 0 aliphatic rings. The third-order valence-corrected chi connectivity index (χ3v) is 3.99. The van der Waals surface area contributed by atoms with E-state index in [0.717, 1.165) is 3.79 Å². The Hall–Kier alpha value is -1.60. The second-order valence-corrected chi connectivity index (χ2v) is 6.30. The molecular formula is C12H11BrN2O3S. The Morgan fingerprint density at radius 3 is 2.42 bits per heavy atom. The fourth-order valence-corrected chi connectivity index (χ4v) is 2.82. The molecule has 0 bridgehead atoms. The maximum atomic E-state index is 11.8. The molecule has 0 aliphatic heterocycles. The number of halogens is 1. The summed E-state index contributed by atoms with van der Waals surface area (Å²) in [6, 6.07) is 5.06. The van der Waals surface area contributed by atoms with Gasteiger partial charge in [-0.1, -0.05) is 0 Å². The highest BCUT2D eigenvalue weighted by atomic mass is 79.9. The number of carbonyl (C=O) groups excluding carboxylic acids is 2. The van der Waals surface area contributed by atoms with Crippen molar-refractivity contribution >= 4 is 39.1 Å². The highest BCUT2D eigenvalue weighted by Crippen LogP contribution is 2.21. The first-order valence-corrected chi connectivity index (χ1v) is 7.01. The van der Waals surface area contributed by atoms with E-state index in [-0.39, 0.29) is 5.91 Å². The van der Waals surface area contributed by atoms with Gasteiger partial charge in [0.2, 0.25) is 0 Å². The summed E-state index contributed by atoms with van der Waals surface area (Å²) in [4.78, 5) is 24.1. The minimum atomic E-state index is -0.404. The van der Waals surface area contributed by atoms with Gasteiger partial charge in [0.15, 0.2) is 0 Å². The van der Waals surface area contributed by atoms with E-state index in [1.807, 2.05) is 0 Å². The van der Waals surface area contributed by atoms with Gasteiger partial charge in [-0.15, -0.1) is 11.3 Å². The molecular weight excluding hydrogens is 332 g/mol. The van der Waals surface area contributed by atoms with Crippen LogP contribution in [-0.4, -0.2) is 11.8 Å². The molecule has 2 heterocycles. The van der Waals surface area contributed by atoms with Crippen molar-refractivity contribution in [2.45, 2.75) is 13.8 Å². The van der Waals surface area contributed by atoms with Crippen LogP contribution < -0.4 is 10.9 Å². The van der Waals surface area contributed by atoms with Crippen LogP contribution in [0.15, 0.2) is 26.4 Å². The van der Waals surface area contributed by atoms with Gasteiger partial charge in [0.1, 0.15) is 11.5 Å². The number of aryl methyl sites for hydroxylation is 2. The van der Waals surface area contributed by atoms with Crippen LogP contribution in [0.4, 0.5) is 0 Å². The highest BCUT2D eigenvalue weighted by Gasteiger charge is 2.15. The molecule has 0 saturated carbocycles. The van der Waals surface area contributed by atoms with E-state index in [2.05, 4.69) is 26.8 Å². The quantitative estimate of drug-likeness (QED) is 0.824. The van der Waals surface area contributed by atoms with Gasteiger partial charge in [-0.25, -0.2) is 0 Å². The van der Waals surface area contributed by atoms with Gasteiger partial charge in [-0.05, 0) is 48.0 Å². The number of carbonyl (C=O) groups is 2. The van der Waals surface area contributed by atoms with E-state index >= 15 is 0 Å². The number of hydrogen-bond acceptors (Lipinski definition) is 4. The summed E-state index contributed by atoms with van der Waals surface area (Å²) in [5.74, 6) is 0.402. The molecule has 2 rings (SSSR count). The standard InChI is InChI=1S/C12H11BrN2O3S/c1-6-5-8(7(2)18-6)11(16)14-15-12(17)9-3-4-10(13)19-9/h3-5H,1-2H3,(H,14,16)(H,15,17). The molecule has 19 heavy (non-hydrogen) atoms. The smallest absolute Gasteiger partial charge is 0.279 e. The van der Waals surface area contributed by atoms with Crippen molar-refractivity contribution in [3.8, 4) is 0 Å². The van der Waals surface area contributed by atoms with Crippen molar-refractivity contribution in [1.82, 2.24) is 10.9 Å². The lowest BCUT2D eigenvalue weighted by atomic mass is 10.2. The average Bonchev–Trinajstić information content (AvgIpc) is 2.92. The predicted molar refractivity (Wildman–Crippen MR) is 75.1 cm³/mol. The molecule has 100 valence electrons. The molecule has 0 aromatic carbocycles. The zero-order valence-corrected chi connectivity index (χ0v) is 12.6. The molecule has 0 unspecified atom stereocenters. The maximum Gasteiger partial charge on any atom is 0.279 e. The van der Waals surface area contributed by atoms with Crippen LogP contribution in [0.3, 0.4) is 0 Å². The second kappa shape index (κ2) is 5.58. The van der Waals surface area contributed by atoms with E-state index in [4.69, 9.17) is 4.42 Å². The number of amides is 2. The van der Waals surface area contributed by atoms with Crippen molar-refractivity contribution in [3.63, 3.8) is 0 Å². The van der Waals surface area contributed by atoms with Crippen molar-refractivity contribution in [2.75, 3.05) is 0 Å². The molecule has 0 spiro atoms. The van der Waals surface area contributed by atoms with Gasteiger partial charge in [0.05, 0.1) is 14.2 Å². The lowest BCUT2D eigenvalue weighted by Gasteiger charge is -2.05. The van der Waals surface area contributed by atoms with Crippen LogP contribution in [0.2, 0.25) is 0 Å². The largest absolute Gasteiger partial charge is 0.466 e. The second-order valence-electron chi connectivity index (χ2n) is 3.84.